The van der Waals surface area contributed by atoms with Crippen LogP contribution in [0.25, 0.3) is 0 Å². The number of rotatable bonds is 3. The number of hydrogen-bond acceptors (Lipinski definition) is 4. The Morgan fingerprint density at radius 3 is 2.72 bits per heavy atom. The molecule has 2 aromatic rings. The predicted octanol–water partition coefficient (Wildman–Crippen LogP) is 2.69. The molecule has 18 heavy (non-hydrogen) atoms. The molecular formula is C11H9Br2FN4. The van der Waals surface area contributed by atoms with Gasteiger partial charge in [-0.3, -0.25) is 15.8 Å². The highest BCUT2D eigenvalue weighted by atomic mass is 79.9. The van der Waals surface area contributed by atoms with E-state index in [1.807, 2.05) is 6.07 Å². The zero-order valence-electron chi connectivity index (χ0n) is 9.07. The summed E-state index contributed by atoms with van der Waals surface area (Å²) < 4.78 is 15.3. The number of aromatic nitrogens is 2. The molecule has 0 aromatic carbocycles. The second kappa shape index (κ2) is 5.83. The van der Waals surface area contributed by atoms with Crippen molar-refractivity contribution in [2.24, 2.45) is 5.84 Å². The molecule has 0 saturated heterocycles. The average Bonchev–Trinajstić information content (AvgIpc) is 2.34. The molecular weight excluding hydrogens is 367 g/mol. The molecule has 0 aliphatic rings. The van der Waals surface area contributed by atoms with Gasteiger partial charge in [-0.25, -0.2) is 9.82 Å². The lowest BCUT2D eigenvalue weighted by Crippen LogP contribution is -2.30. The van der Waals surface area contributed by atoms with Crippen LogP contribution in [0, 0.1) is 5.82 Å². The molecule has 0 spiro atoms. The third kappa shape index (κ3) is 2.74. The first-order chi connectivity index (χ1) is 8.63. The van der Waals surface area contributed by atoms with Crippen molar-refractivity contribution in [3.8, 4) is 0 Å². The van der Waals surface area contributed by atoms with Gasteiger partial charge < -0.3 is 0 Å². The summed E-state index contributed by atoms with van der Waals surface area (Å²) in [5, 5.41) is 0. The quantitative estimate of drug-likeness (QED) is 0.639. The van der Waals surface area contributed by atoms with Crippen molar-refractivity contribution in [1.29, 1.82) is 0 Å². The Balaban J connectivity index is 2.49. The number of halogens is 3. The molecule has 0 bridgehead atoms. The van der Waals surface area contributed by atoms with Gasteiger partial charge >= 0.3 is 0 Å². The molecule has 94 valence electrons. The smallest absolute Gasteiger partial charge is 0.146 e. The van der Waals surface area contributed by atoms with Crippen LogP contribution in [0.5, 0.6) is 0 Å². The van der Waals surface area contributed by atoms with Crippen LogP contribution in [-0.4, -0.2) is 9.97 Å². The third-order valence-electron chi connectivity index (χ3n) is 2.39. The molecule has 0 aliphatic carbocycles. The largest absolute Gasteiger partial charge is 0.271 e. The molecule has 0 amide bonds. The second-order valence-corrected chi connectivity index (χ2v) is 5.29. The molecule has 1 unspecified atom stereocenters. The number of nitrogens with one attached hydrogen (secondary N) is 1. The third-order valence-corrected chi connectivity index (χ3v) is 3.46. The molecule has 7 heteroatoms. The zero-order chi connectivity index (χ0) is 13.1. The van der Waals surface area contributed by atoms with Gasteiger partial charge in [0.15, 0.2) is 0 Å². The average molecular weight is 376 g/mol. The second-order valence-electron chi connectivity index (χ2n) is 3.52. The fourth-order valence-electron chi connectivity index (χ4n) is 1.57. The zero-order valence-corrected chi connectivity index (χ0v) is 12.2. The Morgan fingerprint density at radius 1 is 1.33 bits per heavy atom. The SMILES string of the molecule is NNC(c1ccncc1F)c1ncc(Br)cc1Br. The molecule has 0 fully saturated rings. The molecule has 2 aromatic heterocycles. The van der Waals surface area contributed by atoms with Gasteiger partial charge in [0.1, 0.15) is 5.82 Å². The minimum absolute atomic E-state index is 0.392. The van der Waals surface area contributed by atoms with Gasteiger partial charge in [-0.2, -0.15) is 0 Å². The van der Waals surface area contributed by atoms with Gasteiger partial charge in [0, 0.05) is 26.9 Å². The highest BCUT2D eigenvalue weighted by Crippen LogP contribution is 2.29. The first-order valence-electron chi connectivity index (χ1n) is 5.00. The Bertz CT molecular complexity index is 564. The Kier molecular flexibility index (Phi) is 4.39. The van der Waals surface area contributed by atoms with E-state index in [1.54, 1.807) is 12.3 Å². The lowest BCUT2D eigenvalue weighted by atomic mass is 10.0. The van der Waals surface area contributed by atoms with Gasteiger partial charge in [0.25, 0.3) is 0 Å². The van der Waals surface area contributed by atoms with Gasteiger partial charge in [0.2, 0.25) is 0 Å². The lowest BCUT2D eigenvalue weighted by Gasteiger charge is -2.17. The normalized spacial score (nSPS) is 12.4. The summed E-state index contributed by atoms with van der Waals surface area (Å²) in [6.07, 6.45) is 4.28. The van der Waals surface area contributed by atoms with E-state index in [2.05, 4.69) is 47.3 Å². The molecule has 0 saturated carbocycles. The van der Waals surface area contributed by atoms with E-state index in [4.69, 9.17) is 5.84 Å². The number of nitrogens with two attached hydrogens (primary N) is 1. The topological polar surface area (TPSA) is 63.8 Å². The molecule has 3 N–H and O–H groups in total. The molecule has 0 radical (unpaired) electrons. The summed E-state index contributed by atoms with van der Waals surface area (Å²) in [5.74, 6) is 5.07. The Morgan fingerprint density at radius 2 is 2.11 bits per heavy atom. The van der Waals surface area contributed by atoms with E-state index >= 15 is 0 Å². The first kappa shape index (κ1) is 13.5. The minimum atomic E-state index is -0.546. The van der Waals surface area contributed by atoms with Crippen molar-refractivity contribution in [3.05, 3.63) is 56.7 Å². The highest BCUT2D eigenvalue weighted by Gasteiger charge is 2.20. The van der Waals surface area contributed by atoms with Crippen LogP contribution in [0.1, 0.15) is 17.3 Å². The molecule has 2 rings (SSSR count). The fraction of sp³-hybridized carbons (Fsp3) is 0.0909. The van der Waals surface area contributed by atoms with Crippen LogP contribution >= 0.6 is 31.9 Å². The van der Waals surface area contributed by atoms with Crippen molar-refractivity contribution >= 4 is 31.9 Å². The maximum absolute atomic E-state index is 13.7. The predicted molar refractivity (Wildman–Crippen MR) is 73.0 cm³/mol. The number of hydrogen-bond donors (Lipinski definition) is 2. The van der Waals surface area contributed by atoms with Crippen molar-refractivity contribution < 1.29 is 4.39 Å². The monoisotopic (exact) mass is 374 g/mol. The van der Waals surface area contributed by atoms with Crippen molar-refractivity contribution in [1.82, 2.24) is 15.4 Å². The summed E-state index contributed by atoms with van der Waals surface area (Å²) in [4.78, 5) is 7.95. The lowest BCUT2D eigenvalue weighted by molar-refractivity contribution is 0.547. The maximum Gasteiger partial charge on any atom is 0.146 e. The van der Waals surface area contributed by atoms with E-state index in [9.17, 15) is 4.39 Å². The minimum Gasteiger partial charge on any atom is -0.271 e. The Labute approximate surface area is 120 Å². The maximum atomic E-state index is 13.7. The van der Waals surface area contributed by atoms with Gasteiger partial charge in [0.05, 0.1) is 17.9 Å². The van der Waals surface area contributed by atoms with Crippen LogP contribution in [0.2, 0.25) is 0 Å². The summed E-state index contributed by atoms with van der Waals surface area (Å²) in [6, 6.07) is 2.84. The first-order valence-corrected chi connectivity index (χ1v) is 6.58. The molecule has 0 aliphatic heterocycles. The summed E-state index contributed by atoms with van der Waals surface area (Å²) in [5.41, 5.74) is 3.55. The van der Waals surface area contributed by atoms with Gasteiger partial charge in [-0.15, -0.1) is 0 Å². The van der Waals surface area contributed by atoms with Gasteiger partial charge in [-0.1, -0.05) is 0 Å². The van der Waals surface area contributed by atoms with Crippen molar-refractivity contribution in [3.63, 3.8) is 0 Å². The number of hydrazine groups is 1. The molecule has 2 heterocycles. The fourth-order valence-corrected chi connectivity index (χ4v) is 2.79. The summed E-state index contributed by atoms with van der Waals surface area (Å²) in [6.45, 7) is 0. The van der Waals surface area contributed by atoms with Gasteiger partial charge in [-0.05, 0) is 44.0 Å². The highest BCUT2D eigenvalue weighted by molar-refractivity contribution is 9.11. The van der Waals surface area contributed by atoms with Crippen LogP contribution < -0.4 is 11.3 Å². The van der Waals surface area contributed by atoms with E-state index in [0.29, 0.717) is 11.3 Å². The van der Waals surface area contributed by atoms with E-state index in [1.165, 1.54) is 6.20 Å². The standard InChI is InChI=1S/C11H9Br2FN4/c12-6-3-8(13)11(17-4-6)10(18-15)7-1-2-16-5-9(7)14/h1-5,10,18H,15H2. The molecule has 4 nitrogen and oxygen atoms in total. The Hall–Kier alpha value is -0.890. The molecule has 1 atom stereocenters. The van der Waals surface area contributed by atoms with Crippen molar-refractivity contribution in [2.75, 3.05) is 0 Å². The van der Waals surface area contributed by atoms with E-state index in [-0.39, 0.29) is 0 Å². The van der Waals surface area contributed by atoms with Crippen LogP contribution in [0.4, 0.5) is 4.39 Å². The van der Waals surface area contributed by atoms with E-state index < -0.39 is 11.9 Å². The summed E-state index contributed by atoms with van der Waals surface area (Å²) >= 11 is 6.69. The number of pyridine rings is 2. The van der Waals surface area contributed by atoms with Crippen LogP contribution in [0.3, 0.4) is 0 Å². The van der Waals surface area contributed by atoms with E-state index in [0.717, 1.165) is 15.1 Å². The number of nitrogens with zero attached hydrogens (tertiary/aromatic N) is 2. The van der Waals surface area contributed by atoms with Crippen molar-refractivity contribution in [2.45, 2.75) is 6.04 Å². The van der Waals surface area contributed by atoms with Crippen LogP contribution in [-0.2, 0) is 0 Å². The van der Waals surface area contributed by atoms with Crippen LogP contribution in [0.15, 0.2) is 39.7 Å². The summed E-state index contributed by atoms with van der Waals surface area (Å²) in [7, 11) is 0.